The van der Waals surface area contributed by atoms with Gasteiger partial charge in [0.25, 0.3) is 12.9 Å². The smallest absolute Gasteiger partial charge is 0.295 e. The van der Waals surface area contributed by atoms with E-state index in [1.807, 2.05) is 0 Å². The van der Waals surface area contributed by atoms with Crippen molar-refractivity contribution >= 4 is 76.6 Å². The van der Waals surface area contributed by atoms with Gasteiger partial charge in [-0.25, -0.2) is 68.1 Å². The number of aliphatic imine (C=N–C) groups is 1. The second kappa shape index (κ2) is 21.1. The van der Waals surface area contributed by atoms with Crippen molar-refractivity contribution in [1.82, 2.24) is 38.6 Å². The zero-order chi connectivity index (χ0) is 55.5. The molecule has 7 aromatic rings. The number of nitrogens with one attached hydrogen (secondary N) is 2. The Labute approximate surface area is 443 Å². The van der Waals surface area contributed by atoms with Crippen LogP contribution >= 0.6 is 0 Å². The van der Waals surface area contributed by atoms with Crippen LogP contribution in [0.1, 0.15) is 67.7 Å². The minimum atomic E-state index is -3.77. The summed E-state index contributed by atoms with van der Waals surface area (Å²) in [5.41, 5.74) is 4.12. The van der Waals surface area contributed by atoms with E-state index < -0.39 is 68.8 Å². The summed E-state index contributed by atoms with van der Waals surface area (Å²) in [4.78, 5) is 50.3. The van der Waals surface area contributed by atoms with E-state index in [2.05, 4.69) is 40.5 Å². The van der Waals surface area contributed by atoms with Crippen molar-refractivity contribution in [3.63, 3.8) is 0 Å². The van der Waals surface area contributed by atoms with Gasteiger partial charge in [0.1, 0.15) is 41.3 Å². The van der Waals surface area contributed by atoms with Crippen LogP contribution in [0, 0.1) is 11.8 Å². The fourth-order valence-electron chi connectivity index (χ4n) is 9.60. The van der Waals surface area contributed by atoms with E-state index in [0.29, 0.717) is 35.5 Å². The molecule has 0 amide bonds. The van der Waals surface area contributed by atoms with Crippen LogP contribution in [0.2, 0.25) is 0 Å². The molecule has 2 N–H and O–H groups in total. The van der Waals surface area contributed by atoms with E-state index >= 15 is 0 Å². The van der Waals surface area contributed by atoms with Crippen LogP contribution in [0.4, 0.5) is 54.8 Å². The highest BCUT2D eigenvalue weighted by molar-refractivity contribution is 7.91. The molecule has 0 spiro atoms. The summed E-state index contributed by atoms with van der Waals surface area (Å²) in [5.74, 6) is -2.57. The molecule has 3 fully saturated rings. The largest absolute Gasteiger partial charge is 0.358 e. The molecule has 78 heavy (non-hydrogen) atoms. The van der Waals surface area contributed by atoms with E-state index in [1.54, 1.807) is 72.5 Å². The Morgan fingerprint density at radius 2 is 1.23 bits per heavy atom. The van der Waals surface area contributed by atoms with Crippen molar-refractivity contribution in [1.29, 1.82) is 0 Å². The molecule has 5 aromatic heterocycles. The van der Waals surface area contributed by atoms with Crippen molar-refractivity contribution in [2.45, 2.75) is 92.6 Å². The van der Waals surface area contributed by atoms with Gasteiger partial charge in [-0.3, -0.25) is 19.1 Å². The minimum Gasteiger partial charge on any atom is -0.358 e. The predicted molar refractivity (Wildman–Crippen MR) is 276 cm³/mol. The van der Waals surface area contributed by atoms with E-state index in [0.717, 1.165) is 25.4 Å². The van der Waals surface area contributed by atoms with Crippen LogP contribution in [0.25, 0.3) is 33.7 Å². The first kappa shape index (κ1) is 54.1. The summed E-state index contributed by atoms with van der Waals surface area (Å²) >= 11 is 0. The molecule has 0 bridgehead atoms. The maximum absolute atomic E-state index is 14.3. The summed E-state index contributed by atoms with van der Waals surface area (Å²) in [6, 6.07) is 12.5. The number of carbonyl (C=O) groups is 2. The highest BCUT2D eigenvalue weighted by atomic mass is 32.2. The number of carbonyl (C=O) groups excluding carboxylic acids is 2. The summed E-state index contributed by atoms with van der Waals surface area (Å²) in [6.07, 6.45) is 1.49. The van der Waals surface area contributed by atoms with Gasteiger partial charge in [0.2, 0.25) is 0 Å². The number of rotatable bonds is 17. The molecule has 2 aliphatic carbocycles. The summed E-state index contributed by atoms with van der Waals surface area (Å²) in [7, 11) is -3.93. The lowest BCUT2D eigenvalue weighted by molar-refractivity contribution is -0.120. The number of nitrogens with zero attached hydrogens (tertiary/aromatic N) is 9. The number of aromatic nitrogens is 8. The second-order valence-corrected chi connectivity index (χ2v) is 23.8. The third kappa shape index (κ3) is 11.3. The van der Waals surface area contributed by atoms with Crippen molar-refractivity contribution in [2.24, 2.45) is 30.9 Å². The van der Waals surface area contributed by atoms with E-state index in [1.165, 1.54) is 28.8 Å². The third-order valence-corrected chi connectivity index (χ3v) is 16.1. The number of alkyl halides is 6. The number of halogens is 6. The number of imidazole rings is 3. The molecule has 26 heteroatoms. The van der Waals surface area contributed by atoms with E-state index in [-0.39, 0.29) is 116 Å². The number of benzene rings is 2. The van der Waals surface area contributed by atoms with Crippen LogP contribution in [-0.2, 0) is 67.4 Å². The molecule has 18 nitrogen and oxygen atoms in total. The zero-order valence-corrected chi connectivity index (χ0v) is 43.9. The van der Waals surface area contributed by atoms with Crippen LogP contribution < -0.4 is 10.6 Å². The van der Waals surface area contributed by atoms with Crippen molar-refractivity contribution in [3.8, 4) is 22.5 Å². The first-order valence-corrected chi connectivity index (χ1v) is 28.5. The van der Waals surface area contributed by atoms with Crippen LogP contribution in [0.5, 0.6) is 0 Å². The Balaban J connectivity index is 0.000000179. The van der Waals surface area contributed by atoms with Gasteiger partial charge in [0, 0.05) is 63.6 Å². The molecule has 7 heterocycles. The average molecular weight is 1120 g/mol. The number of fused-ring (bicyclic) bond motifs is 2. The second-order valence-electron chi connectivity index (χ2n) is 19.8. The third-order valence-electron chi connectivity index (χ3n) is 13.8. The SMILES string of the molecule is Cn1cncc1-c1ccc(Nc2cc(CC(=O)[C@@H]3C[C@@H]3F)nc3c2N=C(C(F)F)C3)c(S(C)(=O)=O)c1.Cn1cncc1-c1ccc(Nc2cc(CC(=O)[C@@H]3C[C@@H]3F)nc3c2nc(C(F)F)n3C2CCCCO2)c(S(C)(=O)=O)c1. The fraction of sp³-hybridized carbons (Fsp3) is 0.385. The van der Waals surface area contributed by atoms with Gasteiger partial charge in [-0.15, -0.1) is 0 Å². The lowest BCUT2D eigenvalue weighted by Gasteiger charge is -2.25. The molecule has 2 saturated carbocycles. The number of pyridine rings is 2. The lowest BCUT2D eigenvalue weighted by Crippen LogP contribution is -2.21. The molecule has 1 unspecified atom stereocenters. The quantitative estimate of drug-likeness (QED) is 0.0811. The molecule has 5 atom stereocenters. The lowest BCUT2D eigenvalue weighted by atomic mass is 10.1. The first-order valence-electron chi connectivity index (χ1n) is 24.7. The Hall–Kier alpha value is -7.32. The van der Waals surface area contributed by atoms with E-state index in [9.17, 15) is 52.8 Å². The van der Waals surface area contributed by atoms with Crippen molar-refractivity contribution < 1.29 is 57.5 Å². The van der Waals surface area contributed by atoms with Crippen LogP contribution in [0.15, 0.2) is 88.4 Å². The Morgan fingerprint density at radius 3 is 1.69 bits per heavy atom. The number of sulfone groups is 2. The summed E-state index contributed by atoms with van der Waals surface area (Å²) in [6.45, 7) is 0.386. The number of ketones is 2. The van der Waals surface area contributed by atoms with Gasteiger partial charge >= 0.3 is 0 Å². The van der Waals surface area contributed by atoms with Gasteiger partial charge in [0.15, 0.2) is 31.1 Å². The van der Waals surface area contributed by atoms with Crippen LogP contribution in [-0.4, -0.2) is 111 Å². The minimum absolute atomic E-state index is 0.0151. The van der Waals surface area contributed by atoms with Crippen molar-refractivity contribution in [2.75, 3.05) is 29.8 Å². The topological polar surface area (TPSA) is 227 Å². The molecular weight excluding hydrogens is 1070 g/mol. The zero-order valence-electron chi connectivity index (χ0n) is 42.3. The van der Waals surface area contributed by atoms with Gasteiger partial charge in [0.05, 0.1) is 104 Å². The standard InChI is InChI=1S/C28H29F3N6O4S.C24H22F3N5O3S/c1-36-14-32-13-21(36)15-6-7-19(23(9-15)42(2,39)40)34-20-10-16(11-22(38)17-12-18(17)29)33-27-25(20)35-28(26(30)31)37(27)24-5-3-4-8-41-24;1-32-11-28-10-20(32)12-3-4-16(22(5-12)36(2,34)35)30-17-6-13(7-21(33)14-8-15(14)25)29-18-9-19(24(26)27)31-23(17)18/h6-7,9-10,13-14,17-18,24,26H,3-5,8,11-12H2,1-2H3,(H,33,34);3-6,10-11,14-15,24H,7-9H2,1-2H3,(H,29,30)/t17-,18+,24?;14-,15+/m11/s1. The molecule has 410 valence electrons. The van der Waals surface area contributed by atoms with Gasteiger partial charge in [-0.2, -0.15) is 0 Å². The number of hydrogen-bond donors (Lipinski definition) is 2. The molecule has 2 aliphatic heterocycles. The van der Waals surface area contributed by atoms with Gasteiger partial charge in [-0.05, 0) is 68.5 Å². The number of Topliss-reactive ketones (excluding diaryl/α,β-unsaturated/α-hetero) is 2. The summed E-state index contributed by atoms with van der Waals surface area (Å²) < 4.78 is 144. The van der Waals surface area contributed by atoms with Gasteiger partial charge < -0.3 is 24.5 Å². The highest BCUT2D eigenvalue weighted by Crippen LogP contribution is 2.42. The molecule has 4 aliphatic rings. The molecule has 0 radical (unpaired) electrons. The number of ether oxygens (including phenoxy) is 1. The molecule has 2 aromatic carbocycles. The average Bonchev–Trinajstić information content (AvgIpc) is 4.00. The number of aryl methyl sites for hydroxylation is 2. The maximum Gasteiger partial charge on any atom is 0.295 e. The number of anilines is 4. The number of hydrogen-bond acceptors (Lipinski definition) is 15. The normalized spacial score (nSPS) is 19.8. The molecule has 11 rings (SSSR count). The Bertz CT molecular complexity index is 3780. The fourth-order valence-corrected chi connectivity index (χ4v) is 11.3. The summed E-state index contributed by atoms with van der Waals surface area (Å²) in [5, 5.41) is 6.08. The highest BCUT2D eigenvalue weighted by Gasteiger charge is 2.44. The van der Waals surface area contributed by atoms with Crippen LogP contribution in [0.3, 0.4) is 0 Å². The monoisotopic (exact) mass is 1120 g/mol. The maximum atomic E-state index is 14.3. The Morgan fingerprint density at radius 1 is 0.705 bits per heavy atom. The Kier molecular flexibility index (Phi) is 14.7. The molecule has 1 saturated heterocycles. The predicted octanol–water partition coefficient (Wildman–Crippen LogP) is 9.08. The van der Waals surface area contributed by atoms with Crippen molar-refractivity contribution in [3.05, 3.63) is 96.5 Å². The van der Waals surface area contributed by atoms with Gasteiger partial charge in [-0.1, -0.05) is 12.1 Å². The first-order chi connectivity index (χ1) is 37.0. The molecular formula is C52H51F6N11O7S2. The van der Waals surface area contributed by atoms with E-state index in [4.69, 9.17) is 4.74 Å².